The average Bonchev–Trinajstić information content (AvgIpc) is 2.65. The number of carbonyl (C=O) groups excluding carboxylic acids is 1. The zero-order valence-corrected chi connectivity index (χ0v) is 15.1. The van der Waals surface area contributed by atoms with E-state index in [1.165, 1.54) is 0 Å². The van der Waals surface area contributed by atoms with Crippen molar-refractivity contribution in [3.8, 4) is 11.5 Å². The number of urea groups is 1. The van der Waals surface area contributed by atoms with Gasteiger partial charge in [-0.1, -0.05) is 24.3 Å². The Morgan fingerprint density at radius 1 is 1.08 bits per heavy atom. The Balaban J connectivity index is 1.85. The number of benzene rings is 2. The topological polar surface area (TPSA) is 88.3 Å². The molecule has 0 aliphatic carbocycles. The molecule has 26 heavy (non-hydrogen) atoms. The Bertz CT molecular complexity index is 706. The van der Waals surface area contributed by atoms with Crippen molar-refractivity contribution in [3.05, 3.63) is 59.7 Å². The molecule has 0 atom stereocenters. The molecule has 3 N–H and O–H groups in total. The van der Waals surface area contributed by atoms with E-state index >= 15 is 0 Å². The Morgan fingerprint density at radius 3 is 2.46 bits per heavy atom. The Kier molecular flexibility index (Phi) is 7.25. The molecule has 0 aliphatic rings. The summed E-state index contributed by atoms with van der Waals surface area (Å²) >= 11 is 0. The van der Waals surface area contributed by atoms with Gasteiger partial charge in [0, 0.05) is 13.1 Å². The van der Waals surface area contributed by atoms with Gasteiger partial charge in [-0.2, -0.15) is 0 Å². The molecule has 0 radical (unpaired) electrons. The number of amides is 2. The number of nitrogens with zero attached hydrogens (tertiary/aromatic N) is 2. The van der Waals surface area contributed by atoms with Crippen molar-refractivity contribution in [2.24, 2.45) is 5.73 Å². The minimum absolute atomic E-state index is 0.152. The van der Waals surface area contributed by atoms with E-state index in [2.05, 4.69) is 0 Å². The lowest BCUT2D eigenvalue weighted by atomic mass is 10.2. The minimum Gasteiger partial charge on any atom is -0.497 e. The summed E-state index contributed by atoms with van der Waals surface area (Å²) in [5, 5.41) is 9.81. The first-order valence-corrected chi connectivity index (χ1v) is 8.27. The second kappa shape index (κ2) is 9.65. The minimum atomic E-state index is -0.854. The highest BCUT2D eigenvalue weighted by Crippen LogP contribution is 2.17. The van der Waals surface area contributed by atoms with Crippen LogP contribution in [0.1, 0.15) is 11.1 Å². The molecule has 2 rings (SSSR count). The smallest absolute Gasteiger partial charge is 0.338 e. The molecule has 0 saturated carbocycles. The maximum atomic E-state index is 10.8. The summed E-state index contributed by atoms with van der Waals surface area (Å²) in [7, 11) is 3.54. The van der Waals surface area contributed by atoms with Crippen LogP contribution in [0.3, 0.4) is 0 Å². The monoisotopic (exact) mass is 359 g/mol. The van der Waals surface area contributed by atoms with Gasteiger partial charge in [-0.25, -0.2) is 9.86 Å². The molecular formula is C19H25N3O4. The van der Waals surface area contributed by atoms with E-state index in [1.54, 1.807) is 7.11 Å². The molecule has 0 heterocycles. The molecule has 7 heteroatoms. The van der Waals surface area contributed by atoms with E-state index in [4.69, 9.17) is 15.2 Å². The fourth-order valence-corrected chi connectivity index (χ4v) is 2.39. The van der Waals surface area contributed by atoms with Crippen LogP contribution in [0.25, 0.3) is 0 Å². The molecule has 0 unspecified atom stereocenters. The van der Waals surface area contributed by atoms with Gasteiger partial charge < -0.3 is 20.1 Å². The molecule has 0 fully saturated rings. The van der Waals surface area contributed by atoms with Crippen molar-refractivity contribution < 1.29 is 19.5 Å². The van der Waals surface area contributed by atoms with Crippen LogP contribution < -0.4 is 15.2 Å². The Hall–Kier alpha value is -2.77. The highest BCUT2D eigenvalue weighted by Gasteiger charge is 2.08. The predicted molar refractivity (Wildman–Crippen MR) is 98.2 cm³/mol. The molecular weight excluding hydrogens is 334 g/mol. The van der Waals surface area contributed by atoms with Gasteiger partial charge in [0.1, 0.15) is 18.1 Å². The Labute approximate surface area is 153 Å². The van der Waals surface area contributed by atoms with E-state index in [0.29, 0.717) is 24.8 Å². The maximum absolute atomic E-state index is 10.8. The molecule has 7 nitrogen and oxygen atoms in total. The highest BCUT2D eigenvalue weighted by molar-refractivity contribution is 5.70. The van der Waals surface area contributed by atoms with E-state index in [-0.39, 0.29) is 6.54 Å². The SMILES string of the molecule is COc1ccc(COc2cccc(CN(C)CCN(O)C(N)=O)c2)cc1. The van der Waals surface area contributed by atoms with Crippen LogP contribution in [0.5, 0.6) is 11.5 Å². The third-order valence-corrected chi connectivity index (χ3v) is 3.86. The summed E-state index contributed by atoms with van der Waals surface area (Å²) in [5.74, 6) is 1.60. The summed E-state index contributed by atoms with van der Waals surface area (Å²) in [4.78, 5) is 12.8. The van der Waals surface area contributed by atoms with Gasteiger partial charge in [0.05, 0.1) is 13.7 Å². The van der Waals surface area contributed by atoms with Crippen LogP contribution in [0.15, 0.2) is 48.5 Å². The zero-order chi connectivity index (χ0) is 18.9. The number of rotatable bonds is 9. The molecule has 2 aromatic rings. The van der Waals surface area contributed by atoms with Crippen molar-refractivity contribution in [1.29, 1.82) is 0 Å². The maximum Gasteiger partial charge on any atom is 0.338 e. The lowest BCUT2D eigenvalue weighted by Crippen LogP contribution is -2.38. The van der Waals surface area contributed by atoms with E-state index in [9.17, 15) is 10.0 Å². The van der Waals surface area contributed by atoms with Crippen molar-refractivity contribution in [1.82, 2.24) is 9.96 Å². The summed E-state index contributed by atoms with van der Waals surface area (Å²) in [6.45, 7) is 1.78. The van der Waals surface area contributed by atoms with Crippen LogP contribution >= 0.6 is 0 Å². The van der Waals surface area contributed by atoms with Gasteiger partial charge in [-0.3, -0.25) is 5.21 Å². The predicted octanol–water partition coefficient (Wildman–Crippen LogP) is 2.48. The van der Waals surface area contributed by atoms with Gasteiger partial charge in [-0.05, 0) is 42.4 Å². The van der Waals surface area contributed by atoms with Crippen molar-refractivity contribution >= 4 is 6.03 Å². The normalized spacial score (nSPS) is 10.6. The van der Waals surface area contributed by atoms with Crippen LogP contribution in [-0.2, 0) is 13.2 Å². The quantitative estimate of drug-likeness (QED) is 0.530. The summed E-state index contributed by atoms with van der Waals surface area (Å²) in [5.41, 5.74) is 7.12. The van der Waals surface area contributed by atoms with E-state index in [1.807, 2.05) is 60.5 Å². The largest absolute Gasteiger partial charge is 0.497 e. The van der Waals surface area contributed by atoms with E-state index in [0.717, 1.165) is 22.6 Å². The first-order valence-electron chi connectivity index (χ1n) is 8.27. The van der Waals surface area contributed by atoms with Gasteiger partial charge >= 0.3 is 6.03 Å². The number of likely N-dealkylation sites (N-methyl/N-ethyl adjacent to an activating group) is 1. The standard InChI is InChI=1S/C19H25N3O4/c1-21(10-11-22(24)19(20)23)13-16-4-3-5-18(12-16)26-14-15-6-8-17(25-2)9-7-15/h3-9,12,24H,10-11,13-14H2,1-2H3,(H2,20,23). The van der Waals surface area contributed by atoms with E-state index < -0.39 is 6.03 Å². The lowest BCUT2D eigenvalue weighted by molar-refractivity contribution is -0.0436. The van der Waals surface area contributed by atoms with Crippen LogP contribution in [-0.4, -0.2) is 48.4 Å². The fraction of sp³-hybridized carbons (Fsp3) is 0.316. The molecule has 0 aliphatic heterocycles. The summed E-state index contributed by atoms with van der Waals surface area (Å²) in [6, 6.07) is 14.7. The summed E-state index contributed by atoms with van der Waals surface area (Å²) in [6.07, 6.45) is 0. The summed E-state index contributed by atoms with van der Waals surface area (Å²) < 4.78 is 11.0. The molecule has 2 amide bonds. The van der Waals surface area contributed by atoms with Crippen molar-refractivity contribution in [3.63, 3.8) is 0 Å². The second-order valence-corrected chi connectivity index (χ2v) is 5.98. The highest BCUT2D eigenvalue weighted by atomic mass is 16.5. The average molecular weight is 359 g/mol. The molecule has 0 aromatic heterocycles. The number of nitrogens with two attached hydrogens (primary N) is 1. The van der Waals surface area contributed by atoms with Crippen molar-refractivity contribution in [2.75, 3.05) is 27.2 Å². The van der Waals surface area contributed by atoms with Gasteiger partial charge in [-0.15, -0.1) is 0 Å². The third-order valence-electron chi connectivity index (χ3n) is 3.86. The number of primary amides is 1. The van der Waals surface area contributed by atoms with Crippen LogP contribution in [0, 0.1) is 0 Å². The molecule has 0 spiro atoms. The molecule has 140 valence electrons. The number of hydroxylamine groups is 2. The third kappa shape index (κ3) is 6.27. The first kappa shape index (κ1) is 19.6. The number of hydrogen-bond acceptors (Lipinski definition) is 5. The van der Waals surface area contributed by atoms with Crippen molar-refractivity contribution in [2.45, 2.75) is 13.2 Å². The molecule has 0 bridgehead atoms. The fourth-order valence-electron chi connectivity index (χ4n) is 2.39. The second-order valence-electron chi connectivity index (χ2n) is 5.98. The van der Waals surface area contributed by atoms with Gasteiger partial charge in [0.25, 0.3) is 0 Å². The van der Waals surface area contributed by atoms with Crippen LogP contribution in [0.2, 0.25) is 0 Å². The van der Waals surface area contributed by atoms with Gasteiger partial charge in [0.2, 0.25) is 0 Å². The number of methoxy groups -OCH3 is 1. The number of ether oxygens (including phenoxy) is 2. The van der Waals surface area contributed by atoms with Crippen LogP contribution in [0.4, 0.5) is 4.79 Å². The molecule has 2 aromatic carbocycles. The first-order chi connectivity index (χ1) is 12.5. The van der Waals surface area contributed by atoms with Gasteiger partial charge in [0.15, 0.2) is 0 Å². The number of carbonyl (C=O) groups is 1. The molecule has 0 saturated heterocycles. The zero-order valence-electron chi connectivity index (χ0n) is 15.1. The lowest BCUT2D eigenvalue weighted by Gasteiger charge is -2.20. The Morgan fingerprint density at radius 2 is 1.81 bits per heavy atom. The number of hydrogen-bond donors (Lipinski definition) is 2.